The molecule has 1 heterocycles. The van der Waals surface area contributed by atoms with Crippen molar-refractivity contribution in [3.8, 4) is 17.0 Å². The van der Waals surface area contributed by atoms with Gasteiger partial charge in [-0.15, -0.1) is 0 Å². The molecule has 0 fully saturated rings. The average molecular weight is 445 g/mol. The van der Waals surface area contributed by atoms with Crippen molar-refractivity contribution in [2.24, 2.45) is 0 Å². The van der Waals surface area contributed by atoms with Gasteiger partial charge in [0.1, 0.15) is 5.75 Å². The lowest BCUT2D eigenvalue weighted by Gasteiger charge is -2.25. The summed E-state index contributed by atoms with van der Waals surface area (Å²) in [5.41, 5.74) is 8.61. The van der Waals surface area contributed by atoms with Gasteiger partial charge in [0.05, 0.1) is 12.8 Å². The van der Waals surface area contributed by atoms with E-state index in [0.717, 1.165) is 49.6 Å². The smallest absolute Gasteiger partial charge is 0.127 e. The van der Waals surface area contributed by atoms with Gasteiger partial charge in [-0.3, -0.25) is 9.88 Å². The van der Waals surface area contributed by atoms with Crippen molar-refractivity contribution in [3.63, 3.8) is 0 Å². The van der Waals surface area contributed by atoms with Crippen molar-refractivity contribution in [1.29, 1.82) is 0 Å². The van der Waals surface area contributed by atoms with E-state index in [0.29, 0.717) is 0 Å². The molecule has 3 aromatic rings. The van der Waals surface area contributed by atoms with Crippen molar-refractivity contribution in [2.45, 2.75) is 72.9 Å². The quantitative estimate of drug-likeness (QED) is 0.272. The second-order valence-electron chi connectivity index (χ2n) is 8.84. The number of benzene rings is 2. The average Bonchev–Trinajstić information content (AvgIpc) is 2.85. The Kier molecular flexibility index (Phi) is 9.50. The highest BCUT2D eigenvalue weighted by Gasteiger charge is 2.18. The van der Waals surface area contributed by atoms with E-state index in [1.807, 2.05) is 0 Å². The number of rotatable bonds is 12. The molecule has 3 heteroatoms. The molecule has 0 radical (unpaired) electrons. The highest BCUT2D eigenvalue weighted by Crippen LogP contribution is 2.33. The highest BCUT2D eigenvalue weighted by molar-refractivity contribution is 5.70. The second-order valence-corrected chi connectivity index (χ2v) is 8.84. The Morgan fingerprint density at radius 3 is 2.15 bits per heavy atom. The van der Waals surface area contributed by atoms with Crippen LogP contribution < -0.4 is 4.74 Å². The summed E-state index contributed by atoms with van der Waals surface area (Å²) in [4.78, 5) is 7.66. The van der Waals surface area contributed by atoms with Crippen molar-refractivity contribution in [3.05, 3.63) is 82.5 Å². The summed E-state index contributed by atoms with van der Waals surface area (Å²) in [6.07, 6.45) is 5.69. The number of unbranched alkanes of at least 4 members (excludes halogenated alkanes) is 2. The van der Waals surface area contributed by atoms with Crippen molar-refractivity contribution >= 4 is 0 Å². The summed E-state index contributed by atoms with van der Waals surface area (Å²) < 4.78 is 5.95. The van der Waals surface area contributed by atoms with Crippen LogP contribution in [0.25, 0.3) is 11.3 Å². The minimum absolute atomic E-state index is 0.844. The van der Waals surface area contributed by atoms with Gasteiger partial charge < -0.3 is 4.74 Å². The second kappa shape index (κ2) is 12.6. The fraction of sp³-hybridized carbons (Fsp3) is 0.433. The first-order valence-electron chi connectivity index (χ1n) is 12.5. The van der Waals surface area contributed by atoms with Crippen LogP contribution in [0.1, 0.15) is 68.0 Å². The van der Waals surface area contributed by atoms with E-state index in [-0.39, 0.29) is 0 Å². The summed E-state index contributed by atoms with van der Waals surface area (Å²) in [6, 6.07) is 19.5. The summed E-state index contributed by atoms with van der Waals surface area (Å²) in [5.74, 6) is 0.944. The van der Waals surface area contributed by atoms with Gasteiger partial charge in [0, 0.05) is 36.0 Å². The summed E-state index contributed by atoms with van der Waals surface area (Å²) in [5, 5.41) is 0. The highest BCUT2D eigenvalue weighted by atomic mass is 16.5. The molecule has 3 nitrogen and oxygen atoms in total. The minimum atomic E-state index is 0.844. The number of methoxy groups -OCH3 is 1. The Labute approximate surface area is 200 Å². The molecule has 0 saturated carbocycles. The lowest BCUT2D eigenvalue weighted by Crippen LogP contribution is -2.25. The third kappa shape index (κ3) is 6.45. The van der Waals surface area contributed by atoms with Crippen LogP contribution in [0.4, 0.5) is 0 Å². The van der Waals surface area contributed by atoms with E-state index in [9.17, 15) is 0 Å². The topological polar surface area (TPSA) is 25.4 Å². The van der Waals surface area contributed by atoms with E-state index in [4.69, 9.17) is 9.72 Å². The predicted molar refractivity (Wildman–Crippen MR) is 140 cm³/mol. The molecule has 0 atom stereocenters. The zero-order valence-corrected chi connectivity index (χ0v) is 21.2. The Morgan fingerprint density at radius 1 is 0.848 bits per heavy atom. The van der Waals surface area contributed by atoms with Crippen LogP contribution in [0.2, 0.25) is 0 Å². The van der Waals surface area contributed by atoms with Gasteiger partial charge in [-0.25, -0.2) is 0 Å². The zero-order chi connectivity index (χ0) is 23.6. The van der Waals surface area contributed by atoms with E-state index >= 15 is 0 Å². The molecule has 0 spiro atoms. The molecule has 0 N–H and O–H groups in total. The molecule has 0 aliphatic carbocycles. The number of aryl methyl sites for hydroxylation is 3. The molecule has 176 valence electrons. The largest absolute Gasteiger partial charge is 0.496 e. The number of aromatic nitrogens is 1. The van der Waals surface area contributed by atoms with Gasteiger partial charge in [-0.2, -0.15) is 0 Å². The maximum absolute atomic E-state index is 5.95. The molecular weight excluding hydrogens is 404 g/mol. The molecule has 0 bridgehead atoms. The molecule has 0 aliphatic rings. The van der Waals surface area contributed by atoms with E-state index in [1.54, 1.807) is 7.11 Å². The fourth-order valence-electron chi connectivity index (χ4n) is 4.61. The maximum Gasteiger partial charge on any atom is 0.127 e. The van der Waals surface area contributed by atoms with Crippen LogP contribution in [-0.4, -0.2) is 23.5 Å². The molecule has 3 rings (SSSR count). The normalized spacial score (nSPS) is 11.2. The van der Waals surface area contributed by atoms with Crippen LogP contribution in [0.15, 0.2) is 54.6 Å². The van der Waals surface area contributed by atoms with E-state index in [2.05, 4.69) is 87.2 Å². The molecule has 33 heavy (non-hydrogen) atoms. The Bertz CT molecular complexity index is 991. The van der Waals surface area contributed by atoms with Gasteiger partial charge in [-0.05, 0) is 49.4 Å². The number of hydrogen-bond acceptors (Lipinski definition) is 3. The van der Waals surface area contributed by atoms with E-state index in [1.165, 1.54) is 47.1 Å². The lowest BCUT2D eigenvalue weighted by molar-refractivity contribution is 0.246. The molecular formula is C30H40N2O. The van der Waals surface area contributed by atoms with Gasteiger partial charge in [0.15, 0.2) is 0 Å². The van der Waals surface area contributed by atoms with Crippen LogP contribution in [0.5, 0.6) is 5.75 Å². The SMILES string of the molecule is CCCCCN(Cc1ccccc1)Cc1c(OC)cc(-c2c(CC)cccc2CC)nc1C. The third-order valence-corrected chi connectivity index (χ3v) is 6.47. The molecule has 1 aromatic heterocycles. The fourth-order valence-corrected chi connectivity index (χ4v) is 4.61. The van der Waals surface area contributed by atoms with Crippen molar-refractivity contribution < 1.29 is 4.74 Å². The van der Waals surface area contributed by atoms with Crippen LogP contribution in [0, 0.1) is 6.92 Å². The van der Waals surface area contributed by atoms with Gasteiger partial charge in [0.2, 0.25) is 0 Å². The number of nitrogens with zero attached hydrogens (tertiary/aromatic N) is 2. The summed E-state index contributed by atoms with van der Waals surface area (Å²) in [7, 11) is 1.78. The predicted octanol–water partition coefficient (Wildman–Crippen LogP) is 7.38. The molecule has 2 aromatic carbocycles. The van der Waals surface area contributed by atoms with Gasteiger partial charge >= 0.3 is 0 Å². The monoisotopic (exact) mass is 444 g/mol. The van der Waals surface area contributed by atoms with Crippen LogP contribution in [0.3, 0.4) is 0 Å². The van der Waals surface area contributed by atoms with Crippen LogP contribution in [-0.2, 0) is 25.9 Å². The molecule has 0 aliphatic heterocycles. The zero-order valence-electron chi connectivity index (χ0n) is 21.2. The van der Waals surface area contributed by atoms with E-state index < -0.39 is 0 Å². The number of ether oxygens (including phenoxy) is 1. The van der Waals surface area contributed by atoms with Crippen LogP contribution >= 0.6 is 0 Å². The Hall–Kier alpha value is -2.65. The molecule has 0 amide bonds. The molecule has 0 unspecified atom stereocenters. The van der Waals surface area contributed by atoms with Crippen molar-refractivity contribution in [2.75, 3.05) is 13.7 Å². The maximum atomic E-state index is 5.95. The number of hydrogen-bond donors (Lipinski definition) is 0. The van der Waals surface area contributed by atoms with Gasteiger partial charge in [0.25, 0.3) is 0 Å². The van der Waals surface area contributed by atoms with Crippen molar-refractivity contribution in [1.82, 2.24) is 9.88 Å². The first-order chi connectivity index (χ1) is 16.1. The molecule has 0 saturated heterocycles. The summed E-state index contributed by atoms with van der Waals surface area (Å²) >= 11 is 0. The first kappa shape index (κ1) is 25.0. The lowest BCUT2D eigenvalue weighted by atomic mass is 9.94. The Morgan fingerprint density at radius 2 is 1.55 bits per heavy atom. The standard InChI is InChI=1S/C30H40N2O/c1-6-9-13-19-32(21-24-15-11-10-12-16-24)22-27-23(4)31-28(20-29(27)33-5)30-25(7-2)17-14-18-26(30)8-3/h10-12,14-18,20H,6-9,13,19,21-22H2,1-5H3. The number of pyridine rings is 1. The Balaban J connectivity index is 1.95. The summed E-state index contributed by atoms with van der Waals surface area (Å²) in [6.45, 7) is 11.7. The first-order valence-corrected chi connectivity index (χ1v) is 12.5. The van der Waals surface area contributed by atoms with Gasteiger partial charge in [-0.1, -0.05) is 82.1 Å². The minimum Gasteiger partial charge on any atom is -0.496 e. The third-order valence-electron chi connectivity index (χ3n) is 6.47.